The quantitative estimate of drug-likeness (QED) is 0.687. The molecule has 0 spiro atoms. The third-order valence-electron chi connectivity index (χ3n) is 2.33. The minimum Gasteiger partial charge on any atom is -0.480 e. The molecule has 1 rings (SSSR count). The number of benzene rings is 1. The van der Waals surface area contributed by atoms with E-state index in [1.807, 2.05) is 0 Å². The molecular formula is C13H14ClNO4. The highest BCUT2D eigenvalue weighted by Gasteiger charge is 2.17. The lowest BCUT2D eigenvalue weighted by atomic mass is 10.2. The highest BCUT2D eigenvalue weighted by Crippen LogP contribution is 2.10. The van der Waals surface area contributed by atoms with Crippen LogP contribution in [0.15, 0.2) is 30.3 Å². The van der Waals surface area contributed by atoms with Crippen LogP contribution in [0.3, 0.4) is 0 Å². The maximum atomic E-state index is 11.5. The Balaban J connectivity index is 2.58. The van der Waals surface area contributed by atoms with Gasteiger partial charge in [-0.25, -0.2) is 4.79 Å². The largest absolute Gasteiger partial charge is 0.480 e. The van der Waals surface area contributed by atoms with Gasteiger partial charge in [-0.1, -0.05) is 23.7 Å². The normalized spacial score (nSPS) is 12.3. The minimum atomic E-state index is -1.18. The van der Waals surface area contributed by atoms with Crippen molar-refractivity contribution in [1.29, 1.82) is 0 Å². The molecule has 3 N–H and O–H groups in total. The number of nitrogens with one attached hydrogen (secondary N) is 1. The summed E-state index contributed by atoms with van der Waals surface area (Å²) < 4.78 is 0. The van der Waals surface area contributed by atoms with Gasteiger partial charge in [0, 0.05) is 24.1 Å². The smallest absolute Gasteiger partial charge is 0.326 e. The van der Waals surface area contributed by atoms with Gasteiger partial charge in [0.15, 0.2) is 0 Å². The molecule has 19 heavy (non-hydrogen) atoms. The molecule has 0 radical (unpaired) electrons. The summed E-state index contributed by atoms with van der Waals surface area (Å²) >= 11 is 5.72. The van der Waals surface area contributed by atoms with Gasteiger partial charge >= 0.3 is 5.97 Å². The summed E-state index contributed by atoms with van der Waals surface area (Å²) in [5.41, 5.74) is 0.772. The molecule has 1 atom stereocenters. The Labute approximate surface area is 115 Å². The van der Waals surface area contributed by atoms with Crippen LogP contribution in [-0.4, -0.2) is 34.7 Å². The van der Waals surface area contributed by atoms with Gasteiger partial charge in [-0.3, -0.25) is 4.79 Å². The highest BCUT2D eigenvalue weighted by molar-refractivity contribution is 6.30. The summed E-state index contributed by atoms with van der Waals surface area (Å²) in [6.45, 7) is -0.307. The van der Waals surface area contributed by atoms with E-state index in [4.69, 9.17) is 21.8 Å². The van der Waals surface area contributed by atoms with E-state index in [1.54, 1.807) is 30.3 Å². The molecule has 0 saturated heterocycles. The van der Waals surface area contributed by atoms with Crippen molar-refractivity contribution in [2.75, 3.05) is 6.61 Å². The number of aliphatic carboxylic acids is 1. The third-order valence-corrected chi connectivity index (χ3v) is 2.58. The van der Waals surface area contributed by atoms with E-state index >= 15 is 0 Å². The topological polar surface area (TPSA) is 86.6 Å². The zero-order valence-electron chi connectivity index (χ0n) is 10.0. The lowest BCUT2D eigenvalue weighted by Crippen LogP contribution is -2.40. The molecule has 1 amide bonds. The molecule has 102 valence electrons. The number of hydrogen-bond donors (Lipinski definition) is 3. The first-order valence-corrected chi connectivity index (χ1v) is 5.98. The molecule has 0 aliphatic rings. The van der Waals surface area contributed by atoms with E-state index in [0.29, 0.717) is 5.02 Å². The number of carbonyl (C=O) groups is 2. The van der Waals surface area contributed by atoms with Crippen molar-refractivity contribution < 1.29 is 19.8 Å². The van der Waals surface area contributed by atoms with Gasteiger partial charge in [0.2, 0.25) is 5.91 Å². The molecule has 0 aliphatic heterocycles. The van der Waals surface area contributed by atoms with E-state index in [0.717, 1.165) is 5.56 Å². The minimum absolute atomic E-state index is 0.0319. The van der Waals surface area contributed by atoms with Crippen LogP contribution in [0.2, 0.25) is 5.02 Å². The first-order chi connectivity index (χ1) is 9.02. The summed E-state index contributed by atoms with van der Waals surface area (Å²) in [5.74, 6) is -1.71. The predicted molar refractivity (Wildman–Crippen MR) is 71.8 cm³/mol. The van der Waals surface area contributed by atoms with Crippen LogP contribution in [0.4, 0.5) is 0 Å². The Kier molecular flexibility index (Phi) is 6.05. The molecule has 0 aliphatic carbocycles. The number of carbonyl (C=O) groups excluding carboxylic acids is 1. The van der Waals surface area contributed by atoms with Gasteiger partial charge < -0.3 is 15.5 Å². The maximum absolute atomic E-state index is 11.5. The number of aliphatic hydroxyl groups is 1. The average molecular weight is 284 g/mol. The first-order valence-electron chi connectivity index (χ1n) is 5.60. The average Bonchev–Trinajstić information content (AvgIpc) is 2.37. The Morgan fingerprint density at radius 1 is 1.32 bits per heavy atom. The van der Waals surface area contributed by atoms with Crippen LogP contribution in [0.1, 0.15) is 12.0 Å². The Morgan fingerprint density at radius 2 is 1.95 bits per heavy atom. The van der Waals surface area contributed by atoms with Crippen LogP contribution < -0.4 is 5.32 Å². The van der Waals surface area contributed by atoms with Crippen LogP contribution >= 0.6 is 11.6 Å². The summed E-state index contributed by atoms with van der Waals surface area (Å²) in [7, 11) is 0. The third kappa shape index (κ3) is 5.54. The van der Waals surface area contributed by atoms with Crippen LogP contribution in [0.25, 0.3) is 6.08 Å². The van der Waals surface area contributed by atoms with E-state index in [-0.39, 0.29) is 13.0 Å². The zero-order chi connectivity index (χ0) is 14.3. The zero-order valence-corrected chi connectivity index (χ0v) is 10.8. The molecule has 6 heteroatoms. The summed E-state index contributed by atoms with van der Waals surface area (Å²) in [6, 6.07) is 5.74. The number of carboxylic acids is 1. The fourth-order valence-corrected chi connectivity index (χ4v) is 1.48. The fraction of sp³-hybridized carbons (Fsp3) is 0.231. The highest BCUT2D eigenvalue weighted by atomic mass is 35.5. The van der Waals surface area contributed by atoms with E-state index < -0.39 is 17.9 Å². The van der Waals surface area contributed by atoms with Crippen molar-refractivity contribution in [3.05, 3.63) is 40.9 Å². The molecule has 0 heterocycles. The van der Waals surface area contributed by atoms with Gasteiger partial charge in [0.1, 0.15) is 6.04 Å². The van der Waals surface area contributed by atoms with Gasteiger partial charge in [-0.05, 0) is 23.8 Å². The SMILES string of the molecule is O=C(/C=C/c1ccc(Cl)cc1)N[C@@H](CCO)C(=O)O. The van der Waals surface area contributed by atoms with Gasteiger partial charge in [0.25, 0.3) is 0 Å². The number of halogens is 1. The Bertz CT molecular complexity index is 470. The number of rotatable bonds is 6. The number of carboxylic acid groups (broad SMARTS) is 1. The molecule has 0 unspecified atom stereocenters. The van der Waals surface area contributed by atoms with E-state index in [9.17, 15) is 9.59 Å². The molecule has 0 aromatic heterocycles. The van der Waals surface area contributed by atoms with Crippen molar-refractivity contribution in [2.24, 2.45) is 0 Å². The number of hydrogen-bond acceptors (Lipinski definition) is 3. The fourth-order valence-electron chi connectivity index (χ4n) is 1.35. The molecule has 0 bridgehead atoms. The summed E-state index contributed by atoms with van der Waals surface area (Å²) in [4.78, 5) is 22.3. The molecule has 1 aromatic rings. The molecular weight excluding hydrogens is 270 g/mol. The van der Waals surface area contributed by atoms with Crippen molar-refractivity contribution in [3.63, 3.8) is 0 Å². The monoisotopic (exact) mass is 283 g/mol. The van der Waals surface area contributed by atoms with E-state index in [1.165, 1.54) is 6.08 Å². The number of aliphatic hydroxyl groups excluding tert-OH is 1. The Hall–Kier alpha value is -1.85. The lowest BCUT2D eigenvalue weighted by Gasteiger charge is -2.11. The van der Waals surface area contributed by atoms with Gasteiger partial charge in [0.05, 0.1) is 0 Å². The molecule has 5 nitrogen and oxygen atoms in total. The first kappa shape index (κ1) is 15.2. The second-order valence-electron chi connectivity index (χ2n) is 3.80. The molecule has 0 saturated carbocycles. The van der Waals surface area contributed by atoms with Crippen molar-refractivity contribution in [1.82, 2.24) is 5.32 Å². The van der Waals surface area contributed by atoms with Crippen LogP contribution in [-0.2, 0) is 9.59 Å². The van der Waals surface area contributed by atoms with Crippen LogP contribution in [0, 0.1) is 0 Å². The van der Waals surface area contributed by atoms with Gasteiger partial charge in [-0.15, -0.1) is 0 Å². The van der Waals surface area contributed by atoms with Crippen molar-refractivity contribution in [2.45, 2.75) is 12.5 Å². The summed E-state index contributed by atoms with van der Waals surface area (Å²) in [5, 5.41) is 20.4. The Morgan fingerprint density at radius 3 is 2.47 bits per heavy atom. The molecule has 1 aromatic carbocycles. The van der Waals surface area contributed by atoms with Crippen molar-refractivity contribution in [3.8, 4) is 0 Å². The summed E-state index contributed by atoms with van der Waals surface area (Å²) in [6.07, 6.45) is 2.75. The second kappa shape index (κ2) is 7.56. The maximum Gasteiger partial charge on any atom is 0.326 e. The standard InChI is InChI=1S/C13H14ClNO4/c14-10-4-1-9(2-5-10)3-6-12(17)15-11(7-8-16)13(18)19/h1-6,11,16H,7-8H2,(H,15,17)(H,18,19)/b6-3+/t11-/m0/s1. The number of amides is 1. The predicted octanol–water partition coefficient (Wildman–Crippen LogP) is 1.30. The van der Waals surface area contributed by atoms with E-state index in [2.05, 4.69) is 5.32 Å². The van der Waals surface area contributed by atoms with Crippen LogP contribution in [0.5, 0.6) is 0 Å². The van der Waals surface area contributed by atoms with Crippen molar-refractivity contribution >= 4 is 29.6 Å². The lowest BCUT2D eigenvalue weighted by molar-refractivity contribution is -0.141. The van der Waals surface area contributed by atoms with Gasteiger partial charge in [-0.2, -0.15) is 0 Å². The molecule has 0 fully saturated rings. The second-order valence-corrected chi connectivity index (χ2v) is 4.23.